The minimum Gasteiger partial charge on any atom is -0.280 e. The molecule has 2 bridgehead atoms. The fraction of sp³-hybridized carbons (Fsp3) is 0.538. The molecule has 1 aliphatic carbocycles. The topological polar surface area (TPSA) is 83.5 Å². The lowest BCUT2D eigenvalue weighted by Gasteiger charge is -2.44. The summed E-state index contributed by atoms with van der Waals surface area (Å²) < 4.78 is 57.5. The summed E-state index contributed by atoms with van der Waals surface area (Å²) in [4.78, 5) is 0.250. The Morgan fingerprint density at radius 2 is 1.59 bits per heavy atom. The van der Waals surface area contributed by atoms with Crippen LogP contribution in [0.1, 0.15) is 66.4 Å². The third kappa shape index (κ3) is 4.18. The minimum absolute atomic E-state index is 0.0575. The van der Waals surface area contributed by atoms with Crippen molar-refractivity contribution < 1.29 is 16.8 Å². The van der Waals surface area contributed by atoms with E-state index in [4.69, 9.17) is 0 Å². The standard InChI is InChI=1S/C26H36N2O4S2/c1-24(2,3)19-12-14-21(15-13-19)33(29,30)27-20-9-7-10-22(17-20)34(31,32)28-18-26(6)16-8-11-23(28)25(26,4)5/h7,9-10,12-15,17,23,27H,8,11,16,18H2,1-6H3. The van der Waals surface area contributed by atoms with Crippen LogP contribution in [0.15, 0.2) is 58.3 Å². The summed E-state index contributed by atoms with van der Waals surface area (Å²) in [6.45, 7) is 13.2. The summed E-state index contributed by atoms with van der Waals surface area (Å²) in [6, 6.07) is 12.9. The van der Waals surface area contributed by atoms with Crippen LogP contribution in [0, 0.1) is 10.8 Å². The number of nitrogens with zero attached hydrogens (tertiary/aromatic N) is 1. The lowest BCUT2D eigenvalue weighted by Crippen LogP contribution is -2.44. The molecule has 34 heavy (non-hydrogen) atoms. The maximum Gasteiger partial charge on any atom is 0.261 e. The van der Waals surface area contributed by atoms with Gasteiger partial charge in [-0.2, -0.15) is 4.31 Å². The first kappa shape index (κ1) is 25.2. The van der Waals surface area contributed by atoms with E-state index < -0.39 is 20.0 Å². The van der Waals surface area contributed by atoms with E-state index in [1.807, 2.05) is 12.1 Å². The number of nitrogens with one attached hydrogen (secondary N) is 1. The lowest BCUT2D eigenvalue weighted by molar-refractivity contribution is 0.0722. The van der Waals surface area contributed by atoms with Crippen LogP contribution < -0.4 is 4.72 Å². The van der Waals surface area contributed by atoms with Gasteiger partial charge in [0.15, 0.2) is 0 Å². The zero-order valence-corrected chi connectivity index (χ0v) is 22.6. The summed E-state index contributed by atoms with van der Waals surface area (Å²) in [5, 5.41) is 0. The average molecular weight is 505 g/mol. The van der Waals surface area contributed by atoms with E-state index in [2.05, 4.69) is 46.3 Å². The molecule has 0 aromatic heterocycles. The Balaban J connectivity index is 1.61. The summed E-state index contributed by atoms with van der Waals surface area (Å²) in [5.41, 5.74) is 0.997. The van der Waals surface area contributed by atoms with Gasteiger partial charge in [0.25, 0.3) is 10.0 Å². The number of hydrogen-bond acceptors (Lipinski definition) is 4. The van der Waals surface area contributed by atoms with Crippen LogP contribution in [0.5, 0.6) is 0 Å². The Bertz CT molecular complexity index is 1290. The van der Waals surface area contributed by atoms with E-state index in [-0.39, 0.29) is 37.8 Å². The Kier molecular flexibility index (Phi) is 5.98. The quantitative estimate of drug-likeness (QED) is 0.593. The normalized spacial score (nSPS) is 25.3. The second-order valence-electron chi connectivity index (χ2n) is 11.6. The van der Waals surface area contributed by atoms with Crippen molar-refractivity contribution in [3.8, 4) is 0 Å². The van der Waals surface area contributed by atoms with Crippen LogP contribution in [0.4, 0.5) is 5.69 Å². The lowest BCUT2D eigenvalue weighted by atomic mass is 9.60. The number of rotatable bonds is 5. The van der Waals surface area contributed by atoms with Gasteiger partial charge in [-0.3, -0.25) is 4.72 Å². The van der Waals surface area contributed by atoms with Crippen LogP contribution in [0.3, 0.4) is 0 Å². The van der Waals surface area contributed by atoms with E-state index in [1.54, 1.807) is 34.6 Å². The van der Waals surface area contributed by atoms with E-state index in [0.717, 1.165) is 24.8 Å². The van der Waals surface area contributed by atoms with Crippen molar-refractivity contribution in [1.29, 1.82) is 0 Å². The van der Waals surface area contributed by atoms with Crippen LogP contribution in [-0.2, 0) is 25.5 Å². The van der Waals surface area contributed by atoms with E-state index in [0.29, 0.717) is 6.54 Å². The van der Waals surface area contributed by atoms with Crippen LogP contribution >= 0.6 is 0 Å². The van der Waals surface area contributed by atoms with E-state index in [9.17, 15) is 16.8 Å². The second-order valence-corrected chi connectivity index (χ2v) is 15.2. The highest BCUT2D eigenvalue weighted by Crippen LogP contribution is 2.58. The molecule has 8 heteroatoms. The zero-order chi connectivity index (χ0) is 25.2. The molecule has 1 saturated carbocycles. The summed E-state index contributed by atoms with van der Waals surface area (Å²) >= 11 is 0. The Hall–Kier alpha value is -1.90. The van der Waals surface area contributed by atoms with Gasteiger partial charge in [0.05, 0.1) is 15.5 Å². The van der Waals surface area contributed by atoms with E-state index >= 15 is 0 Å². The predicted molar refractivity (Wildman–Crippen MR) is 136 cm³/mol. The average Bonchev–Trinajstić information content (AvgIpc) is 2.86. The molecule has 1 saturated heterocycles. The van der Waals surface area contributed by atoms with Gasteiger partial charge in [-0.05, 0) is 65.0 Å². The molecule has 6 nitrogen and oxygen atoms in total. The van der Waals surface area contributed by atoms with Crippen molar-refractivity contribution in [3.05, 3.63) is 54.1 Å². The Morgan fingerprint density at radius 3 is 2.18 bits per heavy atom. The summed E-state index contributed by atoms with van der Waals surface area (Å²) in [6.07, 6.45) is 2.87. The SMILES string of the molecule is CC(C)(C)c1ccc(S(=O)(=O)Nc2cccc(S(=O)(=O)N3CC4(C)CCCC3C4(C)C)c2)cc1. The maximum absolute atomic E-state index is 13.7. The molecule has 2 aliphatic rings. The number of fused-ring (bicyclic) bond motifs is 2. The molecule has 1 aliphatic heterocycles. The van der Waals surface area contributed by atoms with Crippen molar-refractivity contribution >= 4 is 25.7 Å². The Labute approximate surface area is 204 Å². The molecule has 4 rings (SSSR count). The highest BCUT2D eigenvalue weighted by Gasteiger charge is 2.60. The molecule has 1 N–H and O–H groups in total. The first-order valence-corrected chi connectivity index (χ1v) is 14.8. The largest absolute Gasteiger partial charge is 0.280 e. The second kappa shape index (κ2) is 8.07. The van der Waals surface area contributed by atoms with Crippen molar-refractivity contribution in [2.24, 2.45) is 10.8 Å². The van der Waals surface area contributed by atoms with Gasteiger partial charge in [-0.25, -0.2) is 16.8 Å². The highest BCUT2D eigenvalue weighted by molar-refractivity contribution is 7.92. The van der Waals surface area contributed by atoms with Gasteiger partial charge in [0.1, 0.15) is 0 Å². The number of benzene rings is 2. The summed E-state index contributed by atoms with van der Waals surface area (Å²) in [7, 11) is -7.63. The molecule has 0 amide bonds. The predicted octanol–water partition coefficient (Wildman–Crippen LogP) is 5.37. The Morgan fingerprint density at radius 1 is 0.941 bits per heavy atom. The molecular weight excluding hydrogens is 468 g/mol. The molecular formula is C26H36N2O4S2. The van der Waals surface area contributed by atoms with Crippen LogP contribution in [0.2, 0.25) is 0 Å². The van der Waals surface area contributed by atoms with Gasteiger partial charge in [-0.1, -0.05) is 66.2 Å². The number of anilines is 1. The van der Waals surface area contributed by atoms with Crippen LogP contribution in [-0.4, -0.2) is 33.7 Å². The molecule has 2 unspecified atom stereocenters. The smallest absolute Gasteiger partial charge is 0.261 e. The zero-order valence-electron chi connectivity index (χ0n) is 20.9. The van der Waals surface area contributed by atoms with Crippen molar-refractivity contribution in [1.82, 2.24) is 4.31 Å². The monoisotopic (exact) mass is 504 g/mol. The molecule has 2 atom stereocenters. The number of hydrogen-bond donors (Lipinski definition) is 1. The van der Waals surface area contributed by atoms with Crippen molar-refractivity contribution in [2.75, 3.05) is 11.3 Å². The highest BCUT2D eigenvalue weighted by atomic mass is 32.2. The molecule has 2 aromatic rings. The van der Waals surface area contributed by atoms with Gasteiger partial charge in [0, 0.05) is 12.6 Å². The van der Waals surface area contributed by atoms with Crippen LogP contribution in [0.25, 0.3) is 0 Å². The van der Waals surface area contributed by atoms with Gasteiger partial charge in [-0.15, -0.1) is 0 Å². The fourth-order valence-electron chi connectivity index (χ4n) is 5.47. The molecule has 0 spiro atoms. The fourth-order valence-corrected chi connectivity index (χ4v) is 8.47. The first-order chi connectivity index (χ1) is 15.6. The van der Waals surface area contributed by atoms with Crippen molar-refractivity contribution in [3.63, 3.8) is 0 Å². The van der Waals surface area contributed by atoms with E-state index in [1.165, 1.54) is 6.07 Å². The third-order valence-electron chi connectivity index (χ3n) is 8.17. The molecule has 186 valence electrons. The molecule has 1 heterocycles. The van der Waals surface area contributed by atoms with Crippen molar-refractivity contribution in [2.45, 2.75) is 82.1 Å². The first-order valence-electron chi connectivity index (χ1n) is 11.8. The molecule has 0 radical (unpaired) electrons. The van der Waals surface area contributed by atoms with Gasteiger partial charge >= 0.3 is 0 Å². The minimum atomic E-state index is -3.86. The third-order valence-corrected chi connectivity index (χ3v) is 11.4. The van der Waals surface area contributed by atoms with Gasteiger partial charge in [0.2, 0.25) is 10.0 Å². The van der Waals surface area contributed by atoms with Gasteiger partial charge < -0.3 is 0 Å². The number of sulfonamides is 2. The maximum atomic E-state index is 13.7. The molecule has 2 fully saturated rings. The molecule has 2 aromatic carbocycles. The summed E-state index contributed by atoms with van der Waals surface area (Å²) in [5.74, 6) is 0.